The molecule has 2 aliphatic heterocycles. The molecule has 1 amide bonds. The first-order chi connectivity index (χ1) is 14.3. The Morgan fingerprint density at radius 1 is 1.00 bits per heavy atom. The van der Waals surface area contributed by atoms with Gasteiger partial charge in [-0.2, -0.15) is 0 Å². The van der Waals surface area contributed by atoms with Crippen molar-refractivity contribution in [1.82, 2.24) is 10.2 Å². The first-order valence-electron chi connectivity index (χ1n) is 10.0. The van der Waals surface area contributed by atoms with Gasteiger partial charge in [-0.15, -0.1) is 0 Å². The molecular formula is C23H26N2O4. The van der Waals surface area contributed by atoms with Gasteiger partial charge < -0.3 is 19.5 Å². The predicted molar refractivity (Wildman–Crippen MR) is 111 cm³/mol. The molecule has 29 heavy (non-hydrogen) atoms. The summed E-state index contributed by atoms with van der Waals surface area (Å²) in [7, 11) is 0. The van der Waals surface area contributed by atoms with Crippen LogP contribution in [0.2, 0.25) is 0 Å². The van der Waals surface area contributed by atoms with Gasteiger partial charge in [-0.25, -0.2) is 0 Å². The van der Waals surface area contributed by atoms with E-state index in [-0.39, 0.29) is 11.9 Å². The summed E-state index contributed by atoms with van der Waals surface area (Å²) >= 11 is 0. The van der Waals surface area contributed by atoms with E-state index in [4.69, 9.17) is 14.2 Å². The molecule has 1 fully saturated rings. The Kier molecular flexibility index (Phi) is 6.44. The van der Waals surface area contributed by atoms with E-state index in [1.807, 2.05) is 36.4 Å². The van der Waals surface area contributed by atoms with Gasteiger partial charge in [0.05, 0.1) is 19.3 Å². The van der Waals surface area contributed by atoms with Crippen LogP contribution in [0.4, 0.5) is 0 Å². The number of nitrogens with zero attached hydrogens (tertiary/aromatic N) is 1. The number of hydrogen-bond donors (Lipinski definition) is 1. The summed E-state index contributed by atoms with van der Waals surface area (Å²) in [5.74, 6) is 1.34. The Morgan fingerprint density at radius 3 is 2.55 bits per heavy atom. The summed E-state index contributed by atoms with van der Waals surface area (Å²) in [6, 6.07) is 15.7. The minimum Gasteiger partial charge on any atom is -0.486 e. The maximum atomic E-state index is 12.6. The molecule has 1 saturated heterocycles. The Labute approximate surface area is 171 Å². The SMILES string of the molecule is O=C(/C=C/c1ccc2c(c1)OCCO2)N[C@@H](CN1CCOCC1)c1ccccc1. The highest BCUT2D eigenvalue weighted by atomic mass is 16.6. The van der Waals surface area contributed by atoms with Crippen molar-refractivity contribution in [3.05, 3.63) is 65.7 Å². The summed E-state index contributed by atoms with van der Waals surface area (Å²) in [6.45, 7) is 5.10. The van der Waals surface area contributed by atoms with Gasteiger partial charge in [0.25, 0.3) is 0 Å². The summed E-state index contributed by atoms with van der Waals surface area (Å²) in [5.41, 5.74) is 1.99. The van der Waals surface area contributed by atoms with E-state index in [0.717, 1.165) is 49.7 Å². The average molecular weight is 394 g/mol. The maximum absolute atomic E-state index is 12.6. The molecule has 152 valence electrons. The summed E-state index contributed by atoms with van der Waals surface area (Å²) in [6.07, 6.45) is 3.37. The van der Waals surface area contributed by atoms with E-state index in [0.29, 0.717) is 19.0 Å². The van der Waals surface area contributed by atoms with Crippen LogP contribution in [0.25, 0.3) is 6.08 Å². The Balaban J connectivity index is 1.42. The number of amides is 1. The highest BCUT2D eigenvalue weighted by molar-refractivity contribution is 5.92. The lowest BCUT2D eigenvalue weighted by atomic mass is 10.1. The first kappa shape index (κ1) is 19.5. The van der Waals surface area contributed by atoms with Crippen LogP contribution in [0.3, 0.4) is 0 Å². The second-order valence-corrected chi connectivity index (χ2v) is 7.12. The van der Waals surface area contributed by atoms with E-state index < -0.39 is 0 Å². The normalized spacial score (nSPS) is 17.8. The van der Waals surface area contributed by atoms with E-state index in [1.54, 1.807) is 12.2 Å². The third kappa shape index (κ3) is 5.37. The van der Waals surface area contributed by atoms with Crippen LogP contribution in [0.5, 0.6) is 11.5 Å². The molecular weight excluding hydrogens is 368 g/mol. The van der Waals surface area contributed by atoms with Gasteiger partial charge in [-0.3, -0.25) is 9.69 Å². The van der Waals surface area contributed by atoms with Crippen molar-refractivity contribution in [2.24, 2.45) is 0 Å². The molecule has 0 spiro atoms. The van der Waals surface area contributed by atoms with Crippen LogP contribution in [-0.2, 0) is 9.53 Å². The molecule has 0 aliphatic carbocycles. The van der Waals surface area contributed by atoms with Crippen molar-refractivity contribution in [1.29, 1.82) is 0 Å². The van der Waals surface area contributed by atoms with Gasteiger partial charge >= 0.3 is 0 Å². The quantitative estimate of drug-likeness (QED) is 0.764. The zero-order valence-corrected chi connectivity index (χ0v) is 16.4. The highest BCUT2D eigenvalue weighted by Gasteiger charge is 2.19. The van der Waals surface area contributed by atoms with Crippen LogP contribution in [0.15, 0.2) is 54.6 Å². The van der Waals surface area contributed by atoms with Crippen LogP contribution < -0.4 is 14.8 Å². The minimum atomic E-state index is -0.123. The fourth-order valence-corrected chi connectivity index (χ4v) is 3.52. The monoisotopic (exact) mass is 394 g/mol. The molecule has 6 nitrogen and oxygen atoms in total. The maximum Gasteiger partial charge on any atom is 0.244 e. The standard InChI is InChI=1S/C23H26N2O4/c26-23(9-7-18-6-8-21-22(16-18)29-15-14-28-21)24-20(19-4-2-1-3-5-19)17-25-10-12-27-13-11-25/h1-9,16,20H,10-15,17H2,(H,24,26)/b9-7+/t20-/m0/s1. The van der Waals surface area contributed by atoms with Crippen LogP contribution in [0, 0.1) is 0 Å². The number of rotatable bonds is 6. The van der Waals surface area contributed by atoms with Crippen molar-refractivity contribution in [2.45, 2.75) is 6.04 Å². The molecule has 4 rings (SSSR count). The number of hydrogen-bond acceptors (Lipinski definition) is 5. The van der Waals surface area contributed by atoms with Gasteiger partial charge in [0, 0.05) is 25.7 Å². The van der Waals surface area contributed by atoms with Crippen molar-refractivity contribution in [3.63, 3.8) is 0 Å². The molecule has 0 aromatic heterocycles. The molecule has 0 unspecified atom stereocenters. The molecule has 0 radical (unpaired) electrons. The molecule has 2 aromatic carbocycles. The van der Waals surface area contributed by atoms with Crippen LogP contribution in [-0.4, -0.2) is 56.9 Å². The summed E-state index contributed by atoms with van der Waals surface area (Å²) < 4.78 is 16.6. The summed E-state index contributed by atoms with van der Waals surface area (Å²) in [5, 5.41) is 3.15. The number of carbonyl (C=O) groups excluding carboxylic acids is 1. The zero-order chi connectivity index (χ0) is 19.9. The number of benzene rings is 2. The Hall–Kier alpha value is -2.83. The summed E-state index contributed by atoms with van der Waals surface area (Å²) in [4.78, 5) is 15.0. The lowest BCUT2D eigenvalue weighted by Crippen LogP contribution is -2.42. The smallest absolute Gasteiger partial charge is 0.244 e. The lowest BCUT2D eigenvalue weighted by molar-refractivity contribution is -0.117. The number of fused-ring (bicyclic) bond motifs is 1. The Morgan fingerprint density at radius 2 is 1.76 bits per heavy atom. The van der Waals surface area contributed by atoms with Crippen LogP contribution in [0.1, 0.15) is 17.2 Å². The van der Waals surface area contributed by atoms with Gasteiger partial charge in [-0.1, -0.05) is 36.4 Å². The van der Waals surface area contributed by atoms with E-state index in [9.17, 15) is 4.79 Å². The number of ether oxygens (including phenoxy) is 3. The number of nitrogens with one attached hydrogen (secondary N) is 1. The molecule has 2 heterocycles. The molecule has 6 heteroatoms. The fourth-order valence-electron chi connectivity index (χ4n) is 3.52. The van der Waals surface area contributed by atoms with Gasteiger partial charge in [0.2, 0.25) is 5.91 Å². The largest absolute Gasteiger partial charge is 0.486 e. The molecule has 1 N–H and O–H groups in total. The highest BCUT2D eigenvalue weighted by Crippen LogP contribution is 2.31. The molecule has 0 saturated carbocycles. The third-order valence-corrected chi connectivity index (χ3v) is 5.06. The fraction of sp³-hybridized carbons (Fsp3) is 0.348. The number of carbonyl (C=O) groups is 1. The van der Waals surface area contributed by atoms with Gasteiger partial charge in [0.1, 0.15) is 13.2 Å². The van der Waals surface area contributed by atoms with Crippen molar-refractivity contribution in [2.75, 3.05) is 46.1 Å². The van der Waals surface area contributed by atoms with E-state index >= 15 is 0 Å². The first-order valence-corrected chi connectivity index (χ1v) is 10.0. The lowest BCUT2D eigenvalue weighted by Gasteiger charge is -2.31. The molecule has 1 atom stereocenters. The van der Waals surface area contributed by atoms with E-state index in [1.165, 1.54) is 0 Å². The van der Waals surface area contributed by atoms with Crippen molar-refractivity contribution in [3.8, 4) is 11.5 Å². The van der Waals surface area contributed by atoms with Gasteiger partial charge in [0.15, 0.2) is 11.5 Å². The molecule has 2 aromatic rings. The van der Waals surface area contributed by atoms with Crippen molar-refractivity contribution >= 4 is 12.0 Å². The van der Waals surface area contributed by atoms with Crippen LogP contribution >= 0.6 is 0 Å². The second-order valence-electron chi connectivity index (χ2n) is 7.12. The van der Waals surface area contributed by atoms with Gasteiger partial charge in [-0.05, 0) is 29.3 Å². The Bertz CT molecular complexity index is 847. The average Bonchev–Trinajstić information content (AvgIpc) is 2.78. The second kappa shape index (κ2) is 9.58. The van der Waals surface area contributed by atoms with E-state index in [2.05, 4.69) is 22.3 Å². The predicted octanol–water partition coefficient (Wildman–Crippen LogP) is 2.66. The molecule has 0 bridgehead atoms. The molecule has 2 aliphatic rings. The number of morpholine rings is 1. The zero-order valence-electron chi connectivity index (χ0n) is 16.4. The van der Waals surface area contributed by atoms with Crippen molar-refractivity contribution < 1.29 is 19.0 Å². The topological polar surface area (TPSA) is 60.0 Å². The minimum absolute atomic E-state index is 0.0771. The third-order valence-electron chi connectivity index (χ3n) is 5.06.